The summed E-state index contributed by atoms with van der Waals surface area (Å²) in [6.45, 7) is 25.0. The predicted octanol–water partition coefficient (Wildman–Crippen LogP) is 9.63. The lowest BCUT2D eigenvalue weighted by Crippen LogP contribution is -2.42. The van der Waals surface area contributed by atoms with Gasteiger partial charge in [0.1, 0.15) is 6.61 Å². The van der Waals surface area contributed by atoms with E-state index in [-0.39, 0.29) is 24.8 Å². The van der Waals surface area contributed by atoms with Crippen LogP contribution in [0.2, 0.25) is 0 Å². The zero-order valence-corrected chi connectivity index (χ0v) is 26.9. The van der Waals surface area contributed by atoms with E-state index in [1.54, 1.807) is 0 Å². The molecule has 7 atom stereocenters. The second-order valence-electron chi connectivity index (χ2n) is 12.6. The lowest BCUT2D eigenvalue weighted by atomic mass is 9.83. The number of rotatable bonds is 23. The summed E-state index contributed by atoms with van der Waals surface area (Å²) in [5, 5.41) is 0. The maximum Gasteiger partial charge on any atom is 0.338 e. The Hall–Kier alpha value is -0.610. The van der Waals surface area contributed by atoms with Gasteiger partial charge in [-0.15, -0.1) is 0 Å². The second-order valence-corrected chi connectivity index (χ2v) is 12.6. The van der Waals surface area contributed by atoms with Crippen molar-refractivity contribution in [1.82, 2.24) is 0 Å². The van der Waals surface area contributed by atoms with Crippen LogP contribution >= 0.6 is 0 Å². The van der Waals surface area contributed by atoms with Gasteiger partial charge in [-0.05, 0) is 88.9 Å². The van der Waals surface area contributed by atoms with Gasteiger partial charge in [-0.1, -0.05) is 87.5 Å². The van der Waals surface area contributed by atoms with Crippen molar-refractivity contribution in [3.8, 4) is 0 Å². The van der Waals surface area contributed by atoms with Crippen molar-refractivity contribution in [3.63, 3.8) is 0 Å². The third-order valence-corrected chi connectivity index (χ3v) is 8.67. The number of esters is 1. The molecule has 4 heteroatoms. The van der Waals surface area contributed by atoms with Gasteiger partial charge in [-0.3, -0.25) is 0 Å². The molecule has 7 unspecified atom stereocenters. The number of carbonyl (C=O) groups is 1. The van der Waals surface area contributed by atoms with Crippen LogP contribution in [0.4, 0.5) is 0 Å². The molecule has 0 aliphatic carbocycles. The number of hydrogen-bond donors (Lipinski definition) is 0. The van der Waals surface area contributed by atoms with Crippen LogP contribution in [0.3, 0.4) is 0 Å². The van der Waals surface area contributed by atoms with Gasteiger partial charge in [0.25, 0.3) is 0 Å². The third-order valence-electron chi connectivity index (χ3n) is 8.67. The summed E-state index contributed by atoms with van der Waals surface area (Å²) in [6, 6.07) is 0. The molecular weight excluding hydrogens is 460 g/mol. The highest BCUT2D eigenvalue weighted by Gasteiger charge is 2.35. The van der Waals surface area contributed by atoms with E-state index < -0.39 is 5.60 Å². The van der Waals surface area contributed by atoms with Crippen LogP contribution in [0, 0.1) is 29.6 Å². The van der Waals surface area contributed by atoms with Crippen molar-refractivity contribution in [2.24, 2.45) is 29.6 Å². The van der Waals surface area contributed by atoms with Crippen LogP contribution in [-0.4, -0.2) is 37.0 Å². The van der Waals surface area contributed by atoms with Crippen molar-refractivity contribution >= 4 is 5.97 Å². The Morgan fingerprint density at radius 3 is 1.84 bits per heavy atom. The molecule has 0 heterocycles. The van der Waals surface area contributed by atoms with Crippen LogP contribution in [0.25, 0.3) is 0 Å². The van der Waals surface area contributed by atoms with Gasteiger partial charge in [0.05, 0.1) is 18.8 Å². The molecule has 0 amide bonds. The molecule has 0 rings (SSSR count). The maximum atomic E-state index is 13.0. The number of carbonyl (C=O) groups excluding carboxylic acids is 1. The molecule has 0 aromatic carbocycles. The molecule has 0 saturated heterocycles. The van der Waals surface area contributed by atoms with Gasteiger partial charge in [0.15, 0.2) is 5.60 Å². The lowest BCUT2D eigenvalue weighted by Gasteiger charge is -2.31. The predicted molar refractivity (Wildman–Crippen MR) is 159 cm³/mol. The minimum Gasteiger partial charge on any atom is -0.461 e. The molecule has 0 saturated carbocycles. The molecule has 0 bridgehead atoms. The van der Waals surface area contributed by atoms with Crippen molar-refractivity contribution in [1.29, 1.82) is 0 Å². The Morgan fingerprint density at radius 1 is 0.676 bits per heavy atom. The summed E-state index contributed by atoms with van der Waals surface area (Å²) < 4.78 is 18.0. The molecule has 0 N–H and O–H groups in total. The molecular formula is C33H66O4. The fraction of sp³-hybridized carbons (Fsp3) is 0.970. The first kappa shape index (κ1) is 36.4. The molecule has 0 aromatic heterocycles. The summed E-state index contributed by atoms with van der Waals surface area (Å²) in [6.07, 6.45) is 12.9. The minimum atomic E-state index is -0.906. The van der Waals surface area contributed by atoms with E-state index >= 15 is 0 Å². The smallest absolute Gasteiger partial charge is 0.338 e. The highest BCUT2D eigenvalue weighted by Crippen LogP contribution is 2.30. The summed E-state index contributed by atoms with van der Waals surface area (Å²) in [4.78, 5) is 13.0. The zero-order chi connectivity index (χ0) is 28.4. The van der Waals surface area contributed by atoms with E-state index in [1.807, 2.05) is 27.7 Å². The van der Waals surface area contributed by atoms with Crippen molar-refractivity contribution in [3.05, 3.63) is 0 Å². The first-order chi connectivity index (χ1) is 17.4. The number of ether oxygens (including phenoxy) is 3. The summed E-state index contributed by atoms with van der Waals surface area (Å²) >= 11 is 0. The minimum absolute atomic E-state index is 0.115. The average Bonchev–Trinajstić information content (AvgIpc) is 2.88. The van der Waals surface area contributed by atoms with E-state index in [1.165, 1.54) is 57.8 Å². The van der Waals surface area contributed by atoms with Crippen LogP contribution < -0.4 is 0 Å². The lowest BCUT2D eigenvalue weighted by molar-refractivity contribution is -0.177. The zero-order valence-electron chi connectivity index (χ0n) is 26.9. The quantitative estimate of drug-likeness (QED) is 0.124. The van der Waals surface area contributed by atoms with Crippen LogP contribution in [0.15, 0.2) is 0 Å². The molecule has 0 aliphatic rings. The maximum absolute atomic E-state index is 13.0. The molecule has 0 aliphatic heterocycles. The summed E-state index contributed by atoms with van der Waals surface area (Å²) in [5.74, 6) is 3.28. The largest absolute Gasteiger partial charge is 0.461 e. The van der Waals surface area contributed by atoms with E-state index in [4.69, 9.17) is 14.2 Å². The van der Waals surface area contributed by atoms with Gasteiger partial charge >= 0.3 is 5.97 Å². The van der Waals surface area contributed by atoms with Crippen LogP contribution in [0.1, 0.15) is 147 Å². The topological polar surface area (TPSA) is 44.8 Å². The Bertz CT molecular complexity index is 561. The highest BCUT2D eigenvalue weighted by molar-refractivity contribution is 5.79. The molecule has 4 nitrogen and oxygen atoms in total. The van der Waals surface area contributed by atoms with Crippen molar-refractivity contribution in [2.75, 3.05) is 13.2 Å². The fourth-order valence-electron chi connectivity index (χ4n) is 5.34. The van der Waals surface area contributed by atoms with Crippen molar-refractivity contribution < 1.29 is 19.0 Å². The Morgan fingerprint density at radius 2 is 1.30 bits per heavy atom. The second kappa shape index (κ2) is 20.3. The normalized spacial score (nSPS) is 18.6. The first-order valence-corrected chi connectivity index (χ1v) is 15.9. The molecule has 37 heavy (non-hydrogen) atoms. The Kier molecular flexibility index (Phi) is 20.0. The monoisotopic (exact) mass is 526 g/mol. The summed E-state index contributed by atoms with van der Waals surface area (Å²) in [7, 11) is 0. The van der Waals surface area contributed by atoms with Gasteiger partial charge in [-0.2, -0.15) is 0 Å². The fourth-order valence-corrected chi connectivity index (χ4v) is 5.34. The highest BCUT2D eigenvalue weighted by atomic mass is 16.6. The van der Waals surface area contributed by atoms with Gasteiger partial charge < -0.3 is 14.2 Å². The van der Waals surface area contributed by atoms with Crippen LogP contribution in [-0.2, 0) is 19.0 Å². The molecule has 222 valence electrons. The average molecular weight is 527 g/mol. The molecule has 0 aromatic rings. The van der Waals surface area contributed by atoms with E-state index in [0.717, 1.165) is 24.2 Å². The van der Waals surface area contributed by atoms with Crippen molar-refractivity contribution in [2.45, 2.75) is 165 Å². The Balaban J connectivity index is 5.08. The van der Waals surface area contributed by atoms with Crippen LogP contribution in [0.5, 0.6) is 0 Å². The SMILES string of the molecule is CCC(C)CC(C)CCCC(COC(C)(CC)C(=O)OCC(C)OC(C)CC)CC(C)CC(CC)CC. The van der Waals surface area contributed by atoms with E-state index in [9.17, 15) is 4.79 Å². The van der Waals surface area contributed by atoms with E-state index in [2.05, 4.69) is 48.5 Å². The molecule has 0 spiro atoms. The summed E-state index contributed by atoms with van der Waals surface area (Å²) in [5.41, 5.74) is -0.906. The van der Waals surface area contributed by atoms with Gasteiger partial charge in [-0.25, -0.2) is 4.79 Å². The first-order valence-electron chi connectivity index (χ1n) is 15.9. The van der Waals surface area contributed by atoms with E-state index in [0.29, 0.717) is 24.9 Å². The number of hydrogen-bond acceptors (Lipinski definition) is 4. The molecule has 0 radical (unpaired) electrons. The van der Waals surface area contributed by atoms with Gasteiger partial charge in [0, 0.05) is 0 Å². The van der Waals surface area contributed by atoms with Gasteiger partial charge in [0.2, 0.25) is 0 Å². The third kappa shape index (κ3) is 16.2. The standard InChI is InChI=1S/C33H66O4/c1-12-25(6)20-26(7)18-17-19-31(22-27(8)21-30(14-3)15-4)24-36-33(11,16-5)32(34)35-23-29(10)37-28(9)13-2/h25-31H,12-24H2,1-11H3. The molecule has 0 fully saturated rings. The Labute approximate surface area is 232 Å².